The van der Waals surface area contributed by atoms with Gasteiger partial charge in [0.25, 0.3) is 5.91 Å². The van der Waals surface area contributed by atoms with Crippen molar-refractivity contribution in [2.45, 2.75) is 0 Å². The number of hydrogen-bond donors (Lipinski definition) is 2. The number of urea groups is 1. The highest BCUT2D eigenvalue weighted by Crippen LogP contribution is 2.37. The van der Waals surface area contributed by atoms with Crippen LogP contribution in [0.1, 0.15) is 5.56 Å². The van der Waals surface area contributed by atoms with Gasteiger partial charge in [-0.1, -0.05) is 64.8 Å². The van der Waals surface area contributed by atoms with Gasteiger partial charge in [-0.25, -0.2) is 9.79 Å². The fourth-order valence-corrected chi connectivity index (χ4v) is 3.80. The quantitative estimate of drug-likeness (QED) is 0.632. The first-order valence-electron chi connectivity index (χ1n) is 8.33. The Balaban J connectivity index is 1.96. The summed E-state index contributed by atoms with van der Waals surface area (Å²) in [6.07, 6.45) is 1.58. The molecule has 0 saturated heterocycles. The lowest BCUT2D eigenvalue weighted by molar-refractivity contribution is -0.117. The number of amides is 4. The zero-order valence-electron chi connectivity index (χ0n) is 15.1. The molecule has 2 aromatic carbocycles. The van der Waals surface area contributed by atoms with Crippen LogP contribution >= 0.6 is 46.6 Å². The molecule has 0 aromatic heterocycles. The topological polar surface area (TPSA) is 105 Å². The van der Waals surface area contributed by atoms with Gasteiger partial charge in [0.2, 0.25) is 5.91 Å². The number of primary amides is 1. The lowest BCUT2D eigenvalue weighted by Gasteiger charge is -2.19. The minimum Gasteiger partial charge on any atom is -0.351 e. The van der Waals surface area contributed by atoms with E-state index in [1.807, 2.05) is 5.32 Å². The molecule has 1 aliphatic heterocycles. The van der Waals surface area contributed by atoms with Crippen LogP contribution in [0.3, 0.4) is 0 Å². The van der Waals surface area contributed by atoms with Crippen LogP contribution in [0.25, 0.3) is 6.08 Å². The summed E-state index contributed by atoms with van der Waals surface area (Å²) >= 11 is 19.2. The molecule has 2 aromatic rings. The molecule has 3 rings (SSSR count). The maximum absolute atomic E-state index is 13.1. The first-order chi connectivity index (χ1) is 14.3. The first-order valence-corrected chi connectivity index (χ1v) is 10.4. The maximum atomic E-state index is 13.1. The number of nitrogens with two attached hydrogens (primary N) is 1. The van der Waals surface area contributed by atoms with Gasteiger partial charge in [-0.2, -0.15) is 0 Å². The number of nitrogens with one attached hydrogen (secondary N) is 1. The summed E-state index contributed by atoms with van der Waals surface area (Å²) < 4.78 is 0. The van der Waals surface area contributed by atoms with Gasteiger partial charge in [-0.15, -0.1) is 0 Å². The van der Waals surface area contributed by atoms with Gasteiger partial charge in [0.1, 0.15) is 5.70 Å². The Morgan fingerprint density at radius 2 is 1.83 bits per heavy atom. The Bertz CT molecular complexity index is 1090. The predicted octanol–water partition coefficient (Wildman–Crippen LogP) is 4.32. The van der Waals surface area contributed by atoms with Crippen molar-refractivity contribution in [1.82, 2.24) is 5.32 Å². The molecular weight excluding hydrogens is 471 g/mol. The molecule has 0 unspecified atom stereocenters. The van der Waals surface area contributed by atoms with Crippen molar-refractivity contribution in [2.75, 3.05) is 10.7 Å². The SMILES string of the molecule is NC(=O)NC(=O)CSC1=N/C(=C\c2ccc(Cl)cc2)C(=O)N1c1cccc(Cl)c1Cl. The average Bonchev–Trinajstić information content (AvgIpc) is 2.99. The fraction of sp³-hybridized carbons (Fsp3) is 0.0526. The van der Waals surface area contributed by atoms with E-state index in [4.69, 9.17) is 40.5 Å². The van der Waals surface area contributed by atoms with Crippen molar-refractivity contribution in [3.63, 3.8) is 0 Å². The molecule has 4 amide bonds. The molecule has 0 fully saturated rings. The van der Waals surface area contributed by atoms with Crippen molar-refractivity contribution in [2.24, 2.45) is 10.7 Å². The molecule has 0 radical (unpaired) electrons. The number of benzene rings is 2. The van der Waals surface area contributed by atoms with Gasteiger partial charge < -0.3 is 5.73 Å². The lowest BCUT2D eigenvalue weighted by Crippen LogP contribution is -2.37. The van der Waals surface area contributed by atoms with E-state index in [1.165, 1.54) is 4.90 Å². The normalized spacial score (nSPS) is 14.8. The Labute approximate surface area is 190 Å². The second-order valence-electron chi connectivity index (χ2n) is 5.89. The zero-order valence-corrected chi connectivity index (χ0v) is 18.1. The predicted molar refractivity (Wildman–Crippen MR) is 121 cm³/mol. The molecule has 0 saturated carbocycles. The van der Waals surface area contributed by atoms with Crippen LogP contribution in [0.15, 0.2) is 53.2 Å². The van der Waals surface area contributed by atoms with Crippen molar-refractivity contribution in [3.05, 3.63) is 68.8 Å². The van der Waals surface area contributed by atoms with Crippen LogP contribution in [0.4, 0.5) is 10.5 Å². The second kappa shape index (κ2) is 9.53. The third-order valence-electron chi connectivity index (χ3n) is 3.77. The number of imide groups is 1. The van der Waals surface area contributed by atoms with Crippen LogP contribution in [0.5, 0.6) is 0 Å². The smallest absolute Gasteiger partial charge is 0.318 e. The molecule has 0 bridgehead atoms. The van der Waals surface area contributed by atoms with E-state index in [0.717, 1.165) is 11.8 Å². The highest BCUT2D eigenvalue weighted by molar-refractivity contribution is 8.14. The van der Waals surface area contributed by atoms with E-state index in [2.05, 4.69) is 4.99 Å². The van der Waals surface area contributed by atoms with Gasteiger partial charge in [-0.3, -0.25) is 19.8 Å². The second-order valence-corrected chi connectivity index (χ2v) is 8.05. The molecule has 30 heavy (non-hydrogen) atoms. The van der Waals surface area contributed by atoms with Crippen molar-refractivity contribution in [3.8, 4) is 0 Å². The van der Waals surface area contributed by atoms with Crippen LogP contribution in [0.2, 0.25) is 15.1 Å². The third kappa shape index (κ3) is 5.14. The number of aliphatic imine (C=N–C) groups is 1. The first kappa shape index (κ1) is 22.2. The molecule has 154 valence electrons. The van der Waals surface area contributed by atoms with Crippen LogP contribution in [-0.4, -0.2) is 28.8 Å². The highest BCUT2D eigenvalue weighted by Gasteiger charge is 2.34. The minimum absolute atomic E-state index is 0.131. The molecule has 7 nitrogen and oxygen atoms in total. The van der Waals surface area contributed by atoms with Gasteiger partial charge in [0, 0.05) is 5.02 Å². The number of rotatable bonds is 4. The Hall–Kier alpha value is -2.52. The third-order valence-corrected chi connectivity index (χ3v) is 5.77. The summed E-state index contributed by atoms with van der Waals surface area (Å²) in [5.41, 5.74) is 6.10. The number of halogens is 3. The summed E-state index contributed by atoms with van der Waals surface area (Å²) in [7, 11) is 0. The molecule has 0 spiro atoms. The Kier molecular flexibility index (Phi) is 7.04. The Morgan fingerprint density at radius 1 is 1.13 bits per heavy atom. The standard InChI is InChI=1S/C19H13Cl3N4O3S/c20-11-6-4-10(5-7-11)8-13-17(28)26(14-3-1-2-12(21)16(14)22)19(24-13)30-9-15(27)25-18(23)29/h1-8H,9H2,(H3,23,25,27,29)/b13-8-. The number of anilines is 1. The van der Waals surface area contributed by atoms with Gasteiger partial charge in [0.15, 0.2) is 5.17 Å². The Morgan fingerprint density at radius 3 is 2.50 bits per heavy atom. The zero-order chi connectivity index (χ0) is 21.8. The van der Waals surface area contributed by atoms with Gasteiger partial charge in [0.05, 0.1) is 21.5 Å². The van der Waals surface area contributed by atoms with Crippen molar-refractivity contribution >= 4 is 81.3 Å². The lowest BCUT2D eigenvalue weighted by atomic mass is 10.2. The summed E-state index contributed by atoms with van der Waals surface area (Å²) in [5.74, 6) is -1.28. The molecule has 11 heteroatoms. The van der Waals surface area contributed by atoms with Crippen LogP contribution in [0, 0.1) is 0 Å². The van der Waals surface area contributed by atoms with Crippen LogP contribution in [-0.2, 0) is 9.59 Å². The van der Waals surface area contributed by atoms with E-state index in [9.17, 15) is 14.4 Å². The largest absolute Gasteiger partial charge is 0.351 e. The highest BCUT2D eigenvalue weighted by atomic mass is 35.5. The molecule has 3 N–H and O–H groups in total. The van der Waals surface area contributed by atoms with E-state index < -0.39 is 17.8 Å². The molecule has 1 aliphatic rings. The monoisotopic (exact) mass is 482 g/mol. The maximum Gasteiger partial charge on any atom is 0.318 e. The number of amidine groups is 1. The van der Waals surface area contributed by atoms with Gasteiger partial charge >= 0.3 is 6.03 Å². The number of nitrogens with zero attached hydrogens (tertiary/aromatic N) is 2. The molecule has 0 atom stereocenters. The average molecular weight is 484 g/mol. The summed E-state index contributed by atoms with van der Waals surface area (Å²) in [6, 6.07) is 10.7. The number of hydrogen-bond acceptors (Lipinski definition) is 5. The number of thioether (sulfide) groups is 1. The summed E-state index contributed by atoms with van der Waals surface area (Å²) in [6.45, 7) is 0. The summed E-state index contributed by atoms with van der Waals surface area (Å²) in [4.78, 5) is 41.4. The fourth-order valence-electron chi connectivity index (χ4n) is 2.49. The van der Waals surface area contributed by atoms with E-state index in [-0.39, 0.29) is 26.7 Å². The van der Waals surface area contributed by atoms with E-state index in [0.29, 0.717) is 16.3 Å². The van der Waals surface area contributed by atoms with Crippen molar-refractivity contribution < 1.29 is 14.4 Å². The number of carbonyl (C=O) groups excluding carboxylic acids is 3. The summed E-state index contributed by atoms with van der Waals surface area (Å²) in [5, 5.41) is 3.13. The minimum atomic E-state index is -0.969. The molecule has 1 heterocycles. The molecule has 0 aliphatic carbocycles. The molecular formula is C19H13Cl3N4O3S. The number of carbonyl (C=O) groups is 3. The van der Waals surface area contributed by atoms with Crippen LogP contribution < -0.4 is 16.0 Å². The van der Waals surface area contributed by atoms with E-state index in [1.54, 1.807) is 48.5 Å². The van der Waals surface area contributed by atoms with Gasteiger partial charge in [-0.05, 0) is 35.9 Å². The van der Waals surface area contributed by atoms with E-state index >= 15 is 0 Å². The van der Waals surface area contributed by atoms with Crippen molar-refractivity contribution in [1.29, 1.82) is 0 Å².